The number of anilines is 1. The van der Waals surface area contributed by atoms with Crippen LogP contribution < -0.4 is 20.9 Å². The number of rotatable bonds is 12. The third kappa shape index (κ3) is 6.08. The molecule has 0 aliphatic rings. The standard InChI is InChI=1S/C19H24F2N5O7P/c1-31-9-10-33-17-24-15(22)14-16(25-17)26(18(27)23-14)11-12-3-5-13(6-4-12)32-8-2-7-19(20,21)34(28,29)30/h3-6H,2,7-11H2,1H3,(H,23,27)(H2,22,24,25)(H2,28,29,30). The summed E-state index contributed by atoms with van der Waals surface area (Å²) in [7, 11) is -3.98. The number of hydrogen-bond donors (Lipinski definition) is 4. The molecule has 0 fully saturated rings. The lowest BCUT2D eigenvalue weighted by Crippen LogP contribution is -2.18. The average molecular weight is 503 g/mol. The number of aromatic nitrogens is 4. The van der Waals surface area contributed by atoms with Crippen LogP contribution in [0.15, 0.2) is 29.1 Å². The number of nitrogen functional groups attached to an aromatic ring is 1. The summed E-state index contributed by atoms with van der Waals surface area (Å²) in [5.41, 5.74) is 2.62. The van der Waals surface area contributed by atoms with Gasteiger partial charge in [-0.15, -0.1) is 0 Å². The Hall–Kier alpha value is -3.06. The molecule has 12 nitrogen and oxygen atoms in total. The molecule has 0 saturated heterocycles. The highest BCUT2D eigenvalue weighted by Gasteiger charge is 2.47. The van der Waals surface area contributed by atoms with E-state index in [1.165, 1.54) is 11.7 Å². The Morgan fingerprint density at radius 2 is 1.85 bits per heavy atom. The summed E-state index contributed by atoms with van der Waals surface area (Å²) in [5.74, 6) is 0.427. The number of hydrogen-bond acceptors (Lipinski definition) is 8. The Morgan fingerprint density at radius 1 is 1.15 bits per heavy atom. The number of methoxy groups -OCH3 is 1. The average Bonchev–Trinajstić information content (AvgIpc) is 3.08. The zero-order valence-corrected chi connectivity index (χ0v) is 19.0. The number of halogens is 2. The van der Waals surface area contributed by atoms with Crippen LogP contribution in [0.5, 0.6) is 11.8 Å². The van der Waals surface area contributed by atoms with E-state index in [0.29, 0.717) is 17.9 Å². The van der Waals surface area contributed by atoms with Crippen molar-refractivity contribution in [2.75, 3.05) is 32.7 Å². The predicted molar refractivity (Wildman–Crippen MR) is 117 cm³/mol. The van der Waals surface area contributed by atoms with Crippen LogP contribution in [0.4, 0.5) is 14.6 Å². The molecular formula is C19H24F2N5O7P. The van der Waals surface area contributed by atoms with Gasteiger partial charge in [0.05, 0.1) is 19.8 Å². The molecule has 5 N–H and O–H groups in total. The minimum Gasteiger partial charge on any atom is -0.494 e. The molecule has 34 heavy (non-hydrogen) atoms. The van der Waals surface area contributed by atoms with E-state index in [4.69, 9.17) is 29.7 Å². The molecule has 0 aliphatic carbocycles. The SMILES string of the molecule is COCCOc1nc(N)c2[nH]c(=O)n(Cc3ccc(OCCCC(F)(F)P(=O)(O)O)cc3)c2n1. The number of nitrogens with zero attached hydrogens (tertiary/aromatic N) is 3. The minimum absolute atomic E-state index is 0.00266. The van der Waals surface area contributed by atoms with Crippen molar-refractivity contribution in [2.45, 2.75) is 25.1 Å². The maximum atomic E-state index is 13.3. The van der Waals surface area contributed by atoms with Crippen LogP contribution in [0.2, 0.25) is 0 Å². The van der Waals surface area contributed by atoms with Crippen molar-refractivity contribution in [3.05, 3.63) is 40.3 Å². The Labute approximate surface area is 191 Å². The van der Waals surface area contributed by atoms with Gasteiger partial charge in [-0.2, -0.15) is 18.7 Å². The van der Waals surface area contributed by atoms with Crippen molar-refractivity contribution in [3.63, 3.8) is 0 Å². The van der Waals surface area contributed by atoms with Gasteiger partial charge in [0.15, 0.2) is 11.5 Å². The van der Waals surface area contributed by atoms with Gasteiger partial charge in [0, 0.05) is 13.5 Å². The summed E-state index contributed by atoms with van der Waals surface area (Å²) in [6.45, 7) is 0.511. The highest BCUT2D eigenvalue weighted by atomic mass is 31.2. The molecule has 1 aromatic carbocycles. The molecule has 0 spiro atoms. The predicted octanol–water partition coefficient (Wildman–Crippen LogP) is 1.70. The number of imidazole rings is 1. The van der Waals surface area contributed by atoms with E-state index >= 15 is 0 Å². The third-order valence-corrected chi connectivity index (χ3v) is 5.81. The van der Waals surface area contributed by atoms with Gasteiger partial charge in [0.25, 0.3) is 0 Å². The molecule has 186 valence electrons. The number of nitrogens with one attached hydrogen (secondary N) is 1. The zero-order chi connectivity index (χ0) is 24.9. The number of H-pyrrole nitrogens is 1. The minimum atomic E-state index is -5.50. The fourth-order valence-corrected chi connectivity index (χ4v) is 3.40. The molecule has 2 heterocycles. The summed E-state index contributed by atoms with van der Waals surface area (Å²) in [6, 6.07) is 6.51. The van der Waals surface area contributed by atoms with Gasteiger partial charge in [-0.25, -0.2) is 4.79 Å². The maximum Gasteiger partial charge on any atom is 0.394 e. The first-order chi connectivity index (χ1) is 16.0. The molecule has 3 aromatic rings. The van der Waals surface area contributed by atoms with Crippen molar-refractivity contribution in [1.29, 1.82) is 0 Å². The van der Waals surface area contributed by atoms with Crippen molar-refractivity contribution >= 4 is 24.6 Å². The highest BCUT2D eigenvalue weighted by molar-refractivity contribution is 7.53. The van der Waals surface area contributed by atoms with E-state index in [0.717, 1.165) is 0 Å². The Kier molecular flexibility index (Phi) is 7.87. The lowest BCUT2D eigenvalue weighted by Gasteiger charge is -2.17. The van der Waals surface area contributed by atoms with Gasteiger partial charge in [-0.3, -0.25) is 9.13 Å². The van der Waals surface area contributed by atoms with E-state index < -0.39 is 25.4 Å². The van der Waals surface area contributed by atoms with E-state index in [9.17, 15) is 18.1 Å². The van der Waals surface area contributed by atoms with E-state index in [1.807, 2.05) is 0 Å². The van der Waals surface area contributed by atoms with E-state index in [2.05, 4.69) is 15.0 Å². The molecule has 0 bridgehead atoms. The van der Waals surface area contributed by atoms with Crippen LogP contribution in [0, 0.1) is 0 Å². The van der Waals surface area contributed by atoms with Gasteiger partial charge in [-0.1, -0.05) is 12.1 Å². The third-order valence-electron chi connectivity index (χ3n) is 4.73. The van der Waals surface area contributed by atoms with Crippen molar-refractivity contribution in [2.24, 2.45) is 0 Å². The lowest BCUT2D eigenvalue weighted by molar-refractivity contribution is 0.0445. The Bertz CT molecular complexity index is 1230. The number of benzene rings is 1. The van der Waals surface area contributed by atoms with Crippen LogP contribution >= 0.6 is 7.60 Å². The summed E-state index contributed by atoms with van der Waals surface area (Å²) in [4.78, 5) is 40.6. The fourth-order valence-electron chi connectivity index (χ4n) is 2.95. The molecule has 0 saturated carbocycles. The van der Waals surface area contributed by atoms with Crippen molar-refractivity contribution in [1.82, 2.24) is 19.5 Å². The number of ether oxygens (including phenoxy) is 3. The van der Waals surface area contributed by atoms with Crippen LogP contribution in [0.3, 0.4) is 0 Å². The van der Waals surface area contributed by atoms with Gasteiger partial charge in [0.1, 0.15) is 17.9 Å². The largest absolute Gasteiger partial charge is 0.494 e. The van der Waals surface area contributed by atoms with Gasteiger partial charge in [0.2, 0.25) is 0 Å². The molecule has 0 atom stereocenters. The summed E-state index contributed by atoms with van der Waals surface area (Å²) >= 11 is 0. The summed E-state index contributed by atoms with van der Waals surface area (Å²) in [5, 5.41) is 0. The monoisotopic (exact) mass is 503 g/mol. The summed E-state index contributed by atoms with van der Waals surface area (Å²) in [6.07, 6.45) is -1.25. The smallest absolute Gasteiger partial charge is 0.394 e. The number of alkyl halides is 2. The quantitative estimate of drug-likeness (QED) is 0.210. The molecule has 15 heteroatoms. The zero-order valence-electron chi connectivity index (χ0n) is 18.1. The summed E-state index contributed by atoms with van der Waals surface area (Å²) < 4.78 is 54.3. The molecule has 0 aliphatic heterocycles. The van der Waals surface area contributed by atoms with Gasteiger partial charge >= 0.3 is 25.0 Å². The normalized spacial score (nSPS) is 12.3. The van der Waals surface area contributed by atoms with E-state index in [-0.39, 0.29) is 49.2 Å². The van der Waals surface area contributed by atoms with E-state index in [1.54, 1.807) is 24.3 Å². The molecule has 3 rings (SSSR count). The van der Waals surface area contributed by atoms with Crippen LogP contribution in [0.1, 0.15) is 18.4 Å². The Morgan fingerprint density at radius 3 is 2.50 bits per heavy atom. The second-order valence-electron chi connectivity index (χ2n) is 7.25. The molecule has 0 radical (unpaired) electrons. The van der Waals surface area contributed by atoms with Crippen LogP contribution in [-0.4, -0.2) is 61.9 Å². The molecule has 0 unspecified atom stereocenters. The molecular weight excluding hydrogens is 479 g/mol. The second-order valence-corrected chi connectivity index (χ2v) is 9.00. The Balaban J connectivity index is 1.65. The van der Waals surface area contributed by atoms with Gasteiger partial charge in [-0.05, 0) is 24.1 Å². The first-order valence-corrected chi connectivity index (χ1v) is 11.7. The lowest BCUT2D eigenvalue weighted by atomic mass is 10.2. The second kappa shape index (κ2) is 10.5. The maximum absolute atomic E-state index is 13.3. The number of nitrogens with two attached hydrogens (primary N) is 1. The molecule has 0 amide bonds. The fraction of sp³-hybridized carbons (Fsp3) is 0.421. The van der Waals surface area contributed by atoms with Crippen molar-refractivity contribution < 1.29 is 37.3 Å². The topological polar surface area (TPSA) is 175 Å². The highest BCUT2D eigenvalue weighted by Crippen LogP contribution is 2.55. The van der Waals surface area contributed by atoms with Crippen LogP contribution in [-0.2, 0) is 15.8 Å². The number of fused-ring (bicyclic) bond motifs is 1. The molecule has 2 aromatic heterocycles. The van der Waals surface area contributed by atoms with Gasteiger partial charge < -0.3 is 34.7 Å². The number of aromatic amines is 1. The van der Waals surface area contributed by atoms with Crippen LogP contribution in [0.25, 0.3) is 11.2 Å². The first kappa shape index (κ1) is 25.6. The first-order valence-electron chi connectivity index (χ1n) is 10.0. The van der Waals surface area contributed by atoms with Crippen molar-refractivity contribution in [3.8, 4) is 11.8 Å².